The molecule has 2 rings (SSSR count). The van der Waals surface area contributed by atoms with E-state index in [4.69, 9.17) is 5.11 Å². The van der Waals surface area contributed by atoms with E-state index in [1.807, 2.05) is 32.0 Å². The molecule has 0 aromatic heterocycles. The van der Waals surface area contributed by atoms with E-state index in [1.54, 1.807) is 0 Å². The molecule has 0 bridgehead atoms. The molecule has 0 aliphatic heterocycles. The number of aliphatic carboxylic acids is 1. The van der Waals surface area contributed by atoms with Gasteiger partial charge in [-0.2, -0.15) is 0 Å². The summed E-state index contributed by atoms with van der Waals surface area (Å²) in [6.07, 6.45) is 1.61. The molecule has 0 amide bonds. The normalized spacial score (nSPS) is 23.3. The molecule has 2 heteroatoms. The lowest BCUT2D eigenvalue weighted by Gasteiger charge is -2.32. The predicted molar refractivity (Wildman–Crippen MR) is 60.9 cm³/mol. The average Bonchev–Trinajstić information content (AvgIpc) is 2.19. The number of hydrogen-bond donors (Lipinski definition) is 1. The zero-order chi connectivity index (χ0) is 11.3. The van der Waals surface area contributed by atoms with Gasteiger partial charge in [-0.3, -0.25) is 4.79 Å². The van der Waals surface area contributed by atoms with Crippen LogP contribution in [0.5, 0.6) is 0 Å². The molecule has 15 heavy (non-hydrogen) atoms. The van der Waals surface area contributed by atoms with Crippen LogP contribution in [-0.4, -0.2) is 11.1 Å². The molecule has 1 aliphatic rings. The number of carbonyl (C=O) groups is 1. The van der Waals surface area contributed by atoms with Crippen molar-refractivity contribution in [1.82, 2.24) is 0 Å². The molecular formula is C13H18O2. The van der Waals surface area contributed by atoms with Crippen molar-refractivity contribution in [3.8, 4) is 0 Å². The minimum absolute atomic E-state index is 0.106. The Labute approximate surface area is 90.9 Å². The molecule has 1 aromatic carbocycles. The van der Waals surface area contributed by atoms with Crippen molar-refractivity contribution in [2.45, 2.75) is 32.6 Å². The number of carboxylic acid groups (broad SMARTS) is 1. The first-order chi connectivity index (χ1) is 7.27. The fourth-order valence-electron chi connectivity index (χ4n) is 1.82. The second-order valence-corrected chi connectivity index (χ2v) is 3.61. The van der Waals surface area contributed by atoms with Gasteiger partial charge in [0.1, 0.15) is 0 Å². The van der Waals surface area contributed by atoms with Crippen LogP contribution < -0.4 is 0 Å². The minimum Gasteiger partial charge on any atom is -0.481 e. The van der Waals surface area contributed by atoms with E-state index in [9.17, 15) is 4.79 Å². The first-order valence-corrected chi connectivity index (χ1v) is 5.55. The SMILES string of the molecule is CC.O=C(O)C1CC(c2ccccc2)C1. The molecule has 0 heterocycles. The predicted octanol–water partition coefficient (Wildman–Crippen LogP) is 3.29. The highest BCUT2D eigenvalue weighted by Crippen LogP contribution is 2.41. The summed E-state index contributed by atoms with van der Waals surface area (Å²) in [5.74, 6) is -0.278. The van der Waals surface area contributed by atoms with Crippen LogP contribution in [-0.2, 0) is 4.79 Å². The monoisotopic (exact) mass is 206 g/mol. The molecule has 0 atom stereocenters. The third kappa shape index (κ3) is 2.82. The summed E-state index contributed by atoms with van der Waals surface area (Å²) >= 11 is 0. The molecule has 1 aliphatic carbocycles. The smallest absolute Gasteiger partial charge is 0.306 e. The quantitative estimate of drug-likeness (QED) is 0.806. The first-order valence-electron chi connectivity index (χ1n) is 5.55. The van der Waals surface area contributed by atoms with Crippen LogP contribution in [0.25, 0.3) is 0 Å². The zero-order valence-electron chi connectivity index (χ0n) is 9.31. The van der Waals surface area contributed by atoms with Gasteiger partial charge in [-0.05, 0) is 24.3 Å². The van der Waals surface area contributed by atoms with Crippen molar-refractivity contribution in [3.05, 3.63) is 35.9 Å². The Kier molecular flexibility index (Phi) is 4.35. The van der Waals surface area contributed by atoms with Crippen molar-refractivity contribution in [2.75, 3.05) is 0 Å². The Morgan fingerprint density at radius 3 is 2.20 bits per heavy atom. The van der Waals surface area contributed by atoms with Crippen LogP contribution >= 0.6 is 0 Å². The fraction of sp³-hybridized carbons (Fsp3) is 0.462. The molecule has 1 N–H and O–H groups in total. The van der Waals surface area contributed by atoms with Crippen molar-refractivity contribution >= 4 is 5.97 Å². The van der Waals surface area contributed by atoms with Crippen LogP contribution in [0.2, 0.25) is 0 Å². The highest BCUT2D eigenvalue weighted by Gasteiger charge is 2.34. The maximum Gasteiger partial charge on any atom is 0.306 e. The Morgan fingerprint density at radius 2 is 1.73 bits per heavy atom. The lowest BCUT2D eigenvalue weighted by atomic mass is 9.71. The van der Waals surface area contributed by atoms with Crippen LogP contribution in [0.4, 0.5) is 0 Å². The average molecular weight is 206 g/mol. The van der Waals surface area contributed by atoms with Gasteiger partial charge in [0, 0.05) is 0 Å². The summed E-state index contributed by atoms with van der Waals surface area (Å²) in [6.45, 7) is 4.00. The van der Waals surface area contributed by atoms with Gasteiger partial charge >= 0.3 is 5.97 Å². The second-order valence-electron chi connectivity index (χ2n) is 3.61. The molecule has 0 unspecified atom stereocenters. The molecule has 82 valence electrons. The summed E-state index contributed by atoms with van der Waals surface area (Å²) in [5, 5.41) is 8.70. The highest BCUT2D eigenvalue weighted by atomic mass is 16.4. The molecule has 2 nitrogen and oxygen atoms in total. The van der Waals surface area contributed by atoms with Crippen molar-refractivity contribution in [1.29, 1.82) is 0 Å². The molecule has 0 saturated heterocycles. The summed E-state index contributed by atoms with van der Waals surface area (Å²) in [7, 11) is 0. The maximum absolute atomic E-state index is 10.6. The summed E-state index contributed by atoms with van der Waals surface area (Å²) in [4.78, 5) is 10.6. The van der Waals surface area contributed by atoms with Crippen LogP contribution in [0.15, 0.2) is 30.3 Å². The molecule has 1 fully saturated rings. The van der Waals surface area contributed by atoms with Crippen LogP contribution in [0.1, 0.15) is 38.2 Å². The van der Waals surface area contributed by atoms with Crippen molar-refractivity contribution < 1.29 is 9.90 Å². The van der Waals surface area contributed by atoms with Gasteiger partial charge in [-0.25, -0.2) is 0 Å². The molecule has 1 aromatic rings. The Morgan fingerprint density at radius 1 is 1.20 bits per heavy atom. The number of carboxylic acids is 1. The first kappa shape index (κ1) is 11.8. The van der Waals surface area contributed by atoms with E-state index >= 15 is 0 Å². The maximum atomic E-state index is 10.6. The topological polar surface area (TPSA) is 37.3 Å². The number of rotatable bonds is 2. The van der Waals surface area contributed by atoms with E-state index in [-0.39, 0.29) is 5.92 Å². The largest absolute Gasteiger partial charge is 0.481 e. The lowest BCUT2D eigenvalue weighted by Crippen LogP contribution is -2.28. The van der Waals surface area contributed by atoms with Gasteiger partial charge in [0.25, 0.3) is 0 Å². The van der Waals surface area contributed by atoms with Crippen molar-refractivity contribution in [2.24, 2.45) is 5.92 Å². The molecule has 1 saturated carbocycles. The summed E-state index contributed by atoms with van der Waals surface area (Å²) < 4.78 is 0. The van der Waals surface area contributed by atoms with E-state index in [1.165, 1.54) is 5.56 Å². The van der Waals surface area contributed by atoms with Gasteiger partial charge in [0.2, 0.25) is 0 Å². The van der Waals surface area contributed by atoms with Gasteiger partial charge in [0.15, 0.2) is 0 Å². The fourth-order valence-corrected chi connectivity index (χ4v) is 1.82. The zero-order valence-corrected chi connectivity index (χ0v) is 9.31. The Bertz CT molecular complexity index is 300. The van der Waals surface area contributed by atoms with Gasteiger partial charge in [0.05, 0.1) is 5.92 Å². The number of benzene rings is 1. The van der Waals surface area contributed by atoms with Gasteiger partial charge in [-0.15, -0.1) is 0 Å². The minimum atomic E-state index is -0.646. The molecular weight excluding hydrogens is 188 g/mol. The number of hydrogen-bond acceptors (Lipinski definition) is 1. The van der Waals surface area contributed by atoms with Gasteiger partial charge < -0.3 is 5.11 Å². The highest BCUT2D eigenvalue weighted by molar-refractivity contribution is 5.71. The van der Waals surface area contributed by atoms with E-state index in [0.717, 1.165) is 12.8 Å². The van der Waals surface area contributed by atoms with E-state index in [0.29, 0.717) is 5.92 Å². The third-order valence-corrected chi connectivity index (χ3v) is 2.76. The second kappa shape index (κ2) is 5.54. The standard InChI is InChI=1S/C11H12O2.C2H6/c12-11(13)10-6-9(7-10)8-4-2-1-3-5-8;1-2/h1-5,9-10H,6-7H2,(H,12,13);1-2H3. The Hall–Kier alpha value is -1.31. The summed E-state index contributed by atoms with van der Waals surface area (Å²) in [5.41, 5.74) is 1.28. The van der Waals surface area contributed by atoms with Crippen LogP contribution in [0, 0.1) is 5.92 Å². The van der Waals surface area contributed by atoms with Crippen molar-refractivity contribution in [3.63, 3.8) is 0 Å². The van der Waals surface area contributed by atoms with E-state index < -0.39 is 5.97 Å². The third-order valence-electron chi connectivity index (χ3n) is 2.76. The molecule has 0 spiro atoms. The van der Waals surface area contributed by atoms with E-state index in [2.05, 4.69) is 12.1 Å². The summed E-state index contributed by atoms with van der Waals surface area (Å²) in [6, 6.07) is 10.1. The van der Waals surface area contributed by atoms with Gasteiger partial charge in [-0.1, -0.05) is 44.2 Å². The Balaban J connectivity index is 0.000000531. The van der Waals surface area contributed by atoms with Crippen LogP contribution in [0.3, 0.4) is 0 Å². The molecule has 0 radical (unpaired) electrons. The lowest BCUT2D eigenvalue weighted by molar-refractivity contribution is -0.145.